The number of amides is 1. The number of anilines is 1. The summed E-state index contributed by atoms with van der Waals surface area (Å²) < 4.78 is 5.22. The van der Waals surface area contributed by atoms with Crippen LogP contribution in [-0.4, -0.2) is 26.0 Å². The number of hydrogen-bond donors (Lipinski definition) is 1. The Labute approximate surface area is 165 Å². The molecule has 4 rings (SSSR count). The number of hydrogen-bond acceptors (Lipinski definition) is 7. The molecule has 140 valence electrons. The Bertz CT molecular complexity index is 1090. The lowest BCUT2D eigenvalue weighted by Crippen LogP contribution is -2.12. The zero-order valence-electron chi connectivity index (χ0n) is 15.1. The molecule has 1 aromatic carbocycles. The van der Waals surface area contributed by atoms with Crippen LogP contribution in [0.1, 0.15) is 17.3 Å². The summed E-state index contributed by atoms with van der Waals surface area (Å²) in [5.41, 5.74) is 3.39. The second-order valence-corrected chi connectivity index (χ2v) is 7.20. The van der Waals surface area contributed by atoms with Crippen molar-refractivity contribution in [1.29, 1.82) is 0 Å². The molecule has 0 bridgehead atoms. The van der Waals surface area contributed by atoms with Crippen LogP contribution in [0, 0.1) is 6.92 Å². The maximum atomic E-state index is 12.3. The Morgan fingerprint density at radius 1 is 1.18 bits per heavy atom. The van der Waals surface area contributed by atoms with Crippen LogP contribution in [0.3, 0.4) is 0 Å². The van der Waals surface area contributed by atoms with Crippen LogP contribution >= 0.6 is 11.3 Å². The number of carbonyl (C=O) groups is 1. The van der Waals surface area contributed by atoms with Crippen LogP contribution in [0.5, 0.6) is 0 Å². The number of aryl methyl sites for hydroxylation is 2. The van der Waals surface area contributed by atoms with Gasteiger partial charge in [0.05, 0.1) is 10.7 Å². The molecule has 1 N–H and O–H groups in total. The molecule has 0 atom stereocenters. The SMILES string of the molecule is Cc1nc(-c2cccc(NC(=O)CCc3nc(-c4cccnc4)no3)c2)cs1. The summed E-state index contributed by atoms with van der Waals surface area (Å²) in [6, 6.07) is 11.3. The third kappa shape index (κ3) is 4.29. The molecule has 0 radical (unpaired) electrons. The van der Waals surface area contributed by atoms with Gasteiger partial charge in [-0.15, -0.1) is 11.3 Å². The van der Waals surface area contributed by atoms with E-state index in [1.165, 1.54) is 0 Å². The highest BCUT2D eigenvalue weighted by Crippen LogP contribution is 2.24. The second kappa shape index (κ2) is 8.10. The maximum Gasteiger partial charge on any atom is 0.227 e. The van der Waals surface area contributed by atoms with Gasteiger partial charge in [-0.3, -0.25) is 9.78 Å². The Hall–Kier alpha value is -3.39. The Morgan fingerprint density at radius 3 is 2.86 bits per heavy atom. The van der Waals surface area contributed by atoms with Crippen molar-refractivity contribution in [2.24, 2.45) is 0 Å². The van der Waals surface area contributed by atoms with Gasteiger partial charge >= 0.3 is 0 Å². The first kappa shape index (κ1) is 18.0. The van der Waals surface area contributed by atoms with E-state index in [-0.39, 0.29) is 12.3 Å². The summed E-state index contributed by atoms with van der Waals surface area (Å²) in [5, 5.41) is 9.85. The van der Waals surface area contributed by atoms with Crippen LogP contribution in [0.4, 0.5) is 5.69 Å². The Kier molecular flexibility index (Phi) is 5.20. The second-order valence-electron chi connectivity index (χ2n) is 6.13. The lowest BCUT2D eigenvalue weighted by molar-refractivity contribution is -0.116. The highest BCUT2D eigenvalue weighted by Gasteiger charge is 2.11. The summed E-state index contributed by atoms with van der Waals surface area (Å²) >= 11 is 1.60. The topological polar surface area (TPSA) is 93.8 Å². The van der Waals surface area contributed by atoms with Gasteiger partial charge < -0.3 is 9.84 Å². The van der Waals surface area contributed by atoms with Gasteiger partial charge in [0.2, 0.25) is 17.6 Å². The van der Waals surface area contributed by atoms with Gasteiger partial charge in [-0.1, -0.05) is 17.3 Å². The van der Waals surface area contributed by atoms with E-state index >= 15 is 0 Å². The first-order valence-corrected chi connectivity index (χ1v) is 9.61. The van der Waals surface area contributed by atoms with Crippen LogP contribution in [-0.2, 0) is 11.2 Å². The fourth-order valence-corrected chi connectivity index (χ4v) is 3.29. The highest BCUT2D eigenvalue weighted by molar-refractivity contribution is 7.09. The molecule has 0 saturated carbocycles. The largest absolute Gasteiger partial charge is 0.339 e. The monoisotopic (exact) mass is 391 g/mol. The third-order valence-corrected chi connectivity index (χ3v) is 4.79. The fraction of sp³-hybridized carbons (Fsp3) is 0.150. The number of thiazole rings is 1. The molecule has 1 amide bonds. The van der Waals surface area contributed by atoms with E-state index in [0.717, 1.165) is 27.5 Å². The van der Waals surface area contributed by atoms with Gasteiger partial charge in [-0.05, 0) is 31.2 Å². The summed E-state index contributed by atoms with van der Waals surface area (Å²) in [7, 11) is 0. The third-order valence-electron chi connectivity index (χ3n) is 4.01. The highest BCUT2D eigenvalue weighted by atomic mass is 32.1. The Balaban J connectivity index is 1.36. The molecule has 7 nitrogen and oxygen atoms in total. The van der Waals surface area contributed by atoms with E-state index in [0.29, 0.717) is 18.1 Å². The minimum atomic E-state index is -0.118. The average molecular weight is 391 g/mol. The summed E-state index contributed by atoms with van der Waals surface area (Å²) in [5.74, 6) is 0.767. The lowest BCUT2D eigenvalue weighted by atomic mass is 10.1. The normalized spacial score (nSPS) is 10.8. The molecule has 28 heavy (non-hydrogen) atoms. The van der Waals surface area contributed by atoms with E-state index in [1.54, 1.807) is 29.8 Å². The number of nitrogens with zero attached hydrogens (tertiary/aromatic N) is 4. The molecule has 0 fully saturated rings. The van der Waals surface area contributed by atoms with Crippen molar-refractivity contribution in [3.63, 3.8) is 0 Å². The lowest BCUT2D eigenvalue weighted by Gasteiger charge is -2.06. The zero-order chi connectivity index (χ0) is 19.3. The van der Waals surface area contributed by atoms with Gasteiger partial charge in [0.1, 0.15) is 0 Å². The van der Waals surface area contributed by atoms with Gasteiger partial charge in [-0.2, -0.15) is 4.98 Å². The molecule has 3 heterocycles. The van der Waals surface area contributed by atoms with E-state index in [2.05, 4.69) is 25.4 Å². The van der Waals surface area contributed by atoms with Crippen molar-refractivity contribution in [2.75, 3.05) is 5.32 Å². The molecular formula is C20H17N5O2S. The molecule has 0 saturated heterocycles. The predicted octanol–water partition coefficient (Wildman–Crippen LogP) is 4.13. The number of rotatable bonds is 6. The molecule has 0 aliphatic carbocycles. The zero-order valence-corrected chi connectivity index (χ0v) is 15.9. The van der Waals surface area contributed by atoms with Crippen LogP contribution in [0.25, 0.3) is 22.6 Å². The van der Waals surface area contributed by atoms with Gasteiger partial charge in [-0.25, -0.2) is 4.98 Å². The number of nitrogens with one attached hydrogen (secondary N) is 1. The molecule has 0 unspecified atom stereocenters. The summed E-state index contributed by atoms with van der Waals surface area (Å²) in [6.45, 7) is 1.97. The number of pyridine rings is 1. The van der Waals surface area contributed by atoms with Crippen molar-refractivity contribution >= 4 is 22.9 Å². The standard InChI is InChI=1S/C20H17N5O2S/c1-13-22-17(12-28-13)14-4-2-6-16(10-14)23-18(26)7-8-19-24-20(25-27-19)15-5-3-9-21-11-15/h2-6,9-12H,7-8H2,1H3,(H,23,26). The molecule has 0 aliphatic heterocycles. The minimum absolute atomic E-state index is 0.118. The maximum absolute atomic E-state index is 12.3. The minimum Gasteiger partial charge on any atom is -0.339 e. The van der Waals surface area contributed by atoms with Gasteiger partial charge in [0.25, 0.3) is 0 Å². The van der Waals surface area contributed by atoms with Gasteiger partial charge in [0, 0.05) is 47.4 Å². The fourth-order valence-electron chi connectivity index (χ4n) is 2.66. The van der Waals surface area contributed by atoms with Crippen LogP contribution < -0.4 is 5.32 Å². The molecule has 4 aromatic rings. The quantitative estimate of drug-likeness (QED) is 0.531. The first-order valence-electron chi connectivity index (χ1n) is 8.73. The van der Waals surface area contributed by atoms with E-state index in [4.69, 9.17) is 4.52 Å². The van der Waals surface area contributed by atoms with E-state index in [1.807, 2.05) is 42.6 Å². The van der Waals surface area contributed by atoms with Gasteiger partial charge in [0.15, 0.2) is 0 Å². The van der Waals surface area contributed by atoms with Crippen molar-refractivity contribution in [3.05, 3.63) is 65.1 Å². The molecule has 0 aliphatic rings. The summed E-state index contributed by atoms with van der Waals surface area (Å²) in [4.78, 5) is 25.1. The number of aromatic nitrogens is 4. The van der Waals surface area contributed by atoms with E-state index < -0.39 is 0 Å². The van der Waals surface area contributed by atoms with Crippen molar-refractivity contribution in [3.8, 4) is 22.6 Å². The molecule has 0 spiro atoms. The van der Waals surface area contributed by atoms with Crippen molar-refractivity contribution in [2.45, 2.75) is 19.8 Å². The Morgan fingerprint density at radius 2 is 2.07 bits per heavy atom. The molecule has 3 aromatic heterocycles. The van der Waals surface area contributed by atoms with E-state index in [9.17, 15) is 4.79 Å². The molecule has 8 heteroatoms. The number of carbonyl (C=O) groups excluding carboxylic acids is 1. The smallest absolute Gasteiger partial charge is 0.227 e. The van der Waals surface area contributed by atoms with Crippen molar-refractivity contribution < 1.29 is 9.32 Å². The van der Waals surface area contributed by atoms with Crippen LogP contribution in [0.15, 0.2) is 58.7 Å². The predicted molar refractivity (Wildman–Crippen MR) is 107 cm³/mol. The summed E-state index contributed by atoms with van der Waals surface area (Å²) in [6.07, 6.45) is 3.95. The average Bonchev–Trinajstić information content (AvgIpc) is 3.36. The first-order chi connectivity index (χ1) is 13.7. The number of benzene rings is 1. The van der Waals surface area contributed by atoms with Crippen molar-refractivity contribution in [1.82, 2.24) is 20.1 Å². The molecular weight excluding hydrogens is 374 g/mol. The van der Waals surface area contributed by atoms with Crippen LogP contribution in [0.2, 0.25) is 0 Å².